The molecule has 2 aliphatic rings. The molecule has 1 aromatic carbocycles. The number of esters is 1. The van der Waals surface area contributed by atoms with Crippen LogP contribution in [-0.2, 0) is 14.3 Å². The summed E-state index contributed by atoms with van der Waals surface area (Å²) < 4.78 is 5.12. The van der Waals surface area contributed by atoms with Crippen LogP contribution in [0, 0.1) is 29.1 Å². The predicted octanol–water partition coefficient (Wildman–Crippen LogP) is 2.91. The molecule has 1 aromatic rings. The Balaban J connectivity index is 1.54. The molecular formula is C17H15ClN2O3. The fourth-order valence-electron chi connectivity index (χ4n) is 3.20. The standard InChI is InChI=1S/C17H15ClN2O3/c18-13-4-3-12(8-19)15(7-13)20-16(21)9-23-17(22)14-6-10-1-2-11(14)5-10/h1-4,7,10-11,14H,5-6,9H2,(H,20,21). The van der Waals surface area contributed by atoms with Crippen molar-refractivity contribution in [3.05, 3.63) is 40.9 Å². The first kappa shape index (κ1) is 15.6. The number of benzene rings is 1. The predicted molar refractivity (Wildman–Crippen MR) is 84.6 cm³/mol. The van der Waals surface area contributed by atoms with E-state index >= 15 is 0 Å². The van der Waals surface area contributed by atoms with E-state index in [1.807, 2.05) is 6.07 Å². The zero-order chi connectivity index (χ0) is 16.4. The van der Waals surface area contributed by atoms with E-state index in [1.165, 1.54) is 12.1 Å². The Morgan fingerprint density at radius 2 is 2.17 bits per heavy atom. The summed E-state index contributed by atoms with van der Waals surface area (Å²) in [5.74, 6) is -0.247. The van der Waals surface area contributed by atoms with Crippen molar-refractivity contribution in [1.29, 1.82) is 5.26 Å². The van der Waals surface area contributed by atoms with Gasteiger partial charge in [0.1, 0.15) is 6.07 Å². The molecule has 0 radical (unpaired) electrons. The van der Waals surface area contributed by atoms with Crippen molar-refractivity contribution in [2.24, 2.45) is 17.8 Å². The lowest BCUT2D eigenvalue weighted by Gasteiger charge is -2.16. The van der Waals surface area contributed by atoms with Gasteiger partial charge in [0.15, 0.2) is 6.61 Å². The molecule has 5 nitrogen and oxygen atoms in total. The Morgan fingerprint density at radius 1 is 1.35 bits per heavy atom. The minimum atomic E-state index is -0.490. The van der Waals surface area contributed by atoms with Crippen molar-refractivity contribution in [2.45, 2.75) is 12.8 Å². The van der Waals surface area contributed by atoms with Crippen LogP contribution in [-0.4, -0.2) is 18.5 Å². The van der Waals surface area contributed by atoms with Gasteiger partial charge in [0.05, 0.1) is 17.2 Å². The number of nitrogens with zero attached hydrogens (tertiary/aromatic N) is 1. The van der Waals surface area contributed by atoms with Crippen molar-refractivity contribution in [3.63, 3.8) is 0 Å². The highest BCUT2D eigenvalue weighted by Gasteiger charge is 2.40. The van der Waals surface area contributed by atoms with Crippen molar-refractivity contribution in [1.82, 2.24) is 0 Å². The van der Waals surface area contributed by atoms with E-state index in [1.54, 1.807) is 6.07 Å². The summed E-state index contributed by atoms with van der Waals surface area (Å²) in [4.78, 5) is 24.0. The first-order valence-corrected chi connectivity index (χ1v) is 7.79. The van der Waals surface area contributed by atoms with E-state index in [0.717, 1.165) is 12.8 Å². The summed E-state index contributed by atoms with van der Waals surface area (Å²) in [6, 6.07) is 6.54. The average molecular weight is 331 g/mol. The first-order valence-electron chi connectivity index (χ1n) is 7.41. The van der Waals surface area contributed by atoms with Gasteiger partial charge >= 0.3 is 5.97 Å². The number of fused-ring (bicyclic) bond motifs is 2. The zero-order valence-electron chi connectivity index (χ0n) is 12.3. The molecule has 6 heteroatoms. The number of hydrogen-bond acceptors (Lipinski definition) is 4. The summed E-state index contributed by atoms with van der Waals surface area (Å²) >= 11 is 5.85. The number of nitrogens with one attached hydrogen (secondary N) is 1. The van der Waals surface area contributed by atoms with Crippen molar-refractivity contribution < 1.29 is 14.3 Å². The summed E-state index contributed by atoms with van der Waals surface area (Å²) in [6.07, 6.45) is 6.00. The van der Waals surface area contributed by atoms with Crippen molar-refractivity contribution >= 4 is 29.2 Å². The second kappa shape index (κ2) is 6.43. The number of carbonyl (C=O) groups is 2. The molecule has 1 fully saturated rings. The summed E-state index contributed by atoms with van der Waals surface area (Å²) in [5, 5.41) is 12.0. The van der Waals surface area contributed by atoms with Crippen LogP contribution in [0.3, 0.4) is 0 Å². The number of carbonyl (C=O) groups excluding carboxylic acids is 2. The molecular weight excluding hydrogens is 316 g/mol. The third-order valence-corrected chi connectivity index (χ3v) is 4.54. The van der Waals surface area contributed by atoms with E-state index in [2.05, 4.69) is 17.5 Å². The Bertz CT molecular complexity index is 723. The SMILES string of the molecule is N#Cc1ccc(Cl)cc1NC(=O)COC(=O)C1CC2C=CC1C2. The normalized spacial score (nSPS) is 24.3. The number of ether oxygens (including phenoxy) is 1. The zero-order valence-corrected chi connectivity index (χ0v) is 13.0. The maximum Gasteiger partial charge on any atom is 0.310 e. The lowest BCUT2D eigenvalue weighted by molar-refractivity contribution is -0.152. The number of rotatable bonds is 4. The average Bonchev–Trinajstić information content (AvgIpc) is 3.16. The molecule has 2 aliphatic carbocycles. The van der Waals surface area contributed by atoms with Crippen LogP contribution >= 0.6 is 11.6 Å². The largest absolute Gasteiger partial charge is 0.455 e. The van der Waals surface area contributed by atoms with Gasteiger partial charge in [-0.1, -0.05) is 23.8 Å². The van der Waals surface area contributed by atoms with Gasteiger partial charge in [-0.2, -0.15) is 5.26 Å². The van der Waals surface area contributed by atoms with Crippen LogP contribution in [0.5, 0.6) is 0 Å². The smallest absolute Gasteiger partial charge is 0.310 e. The van der Waals surface area contributed by atoms with Gasteiger partial charge in [0.2, 0.25) is 0 Å². The van der Waals surface area contributed by atoms with Gasteiger partial charge in [-0.05, 0) is 42.9 Å². The molecule has 1 saturated carbocycles. The van der Waals surface area contributed by atoms with E-state index in [-0.39, 0.29) is 24.4 Å². The molecule has 0 heterocycles. The number of hydrogen-bond donors (Lipinski definition) is 1. The highest BCUT2D eigenvalue weighted by molar-refractivity contribution is 6.31. The molecule has 1 amide bonds. The minimum Gasteiger partial charge on any atom is -0.455 e. The molecule has 3 rings (SSSR count). The van der Waals surface area contributed by atoms with Gasteiger partial charge in [0, 0.05) is 5.02 Å². The minimum absolute atomic E-state index is 0.140. The second-order valence-corrected chi connectivity index (χ2v) is 6.28. The molecule has 2 bridgehead atoms. The van der Waals surface area contributed by atoms with Crippen LogP contribution in [0.1, 0.15) is 18.4 Å². The third-order valence-electron chi connectivity index (χ3n) is 4.30. The molecule has 3 unspecified atom stereocenters. The summed E-state index contributed by atoms with van der Waals surface area (Å²) in [5.41, 5.74) is 0.608. The Hall–Kier alpha value is -2.32. The van der Waals surface area contributed by atoms with Gasteiger partial charge in [-0.3, -0.25) is 9.59 Å². The van der Waals surface area contributed by atoms with Crippen molar-refractivity contribution in [2.75, 3.05) is 11.9 Å². The van der Waals surface area contributed by atoms with Crippen LogP contribution in [0.15, 0.2) is 30.4 Å². The molecule has 0 aromatic heterocycles. The number of anilines is 1. The highest BCUT2D eigenvalue weighted by atomic mass is 35.5. The second-order valence-electron chi connectivity index (χ2n) is 5.84. The molecule has 1 N–H and O–H groups in total. The maximum absolute atomic E-state index is 12.1. The fraction of sp³-hybridized carbons (Fsp3) is 0.353. The highest BCUT2D eigenvalue weighted by Crippen LogP contribution is 2.43. The Morgan fingerprint density at radius 3 is 2.83 bits per heavy atom. The van der Waals surface area contributed by atoms with Crippen LogP contribution in [0.25, 0.3) is 0 Å². The first-order chi connectivity index (χ1) is 11.1. The summed E-state index contributed by atoms with van der Waals surface area (Å²) in [6.45, 7) is -0.367. The molecule has 3 atom stereocenters. The van der Waals surface area contributed by atoms with Crippen LogP contribution in [0.4, 0.5) is 5.69 Å². The third kappa shape index (κ3) is 3.38. The molecule has 23 heavy (non-hydrogen) atoms. The number of amides is 1. The van der Waals surface area contributed by atoms with Gasteiger partial charge < -0.3 is 10.1 Å². The monoisotopic (exact) mass is 330 g/mol. The van der Waals surface area contributed by atoms with Crippen LogP contribution < -0.4 is 5.32 Å². The summed E-state index contributed by atoms with van der Waals surface area (Å²) in [7, 11) is 0. The number of allylic oxidation sites excluding steroid dienone is 2. The lowest BCUT2D eigenvalue weighted by Crippen LogP contribution is -2.26. The van der Waals surface area contributed by atoms with E-state index in [0.29, 0.717) is 22.2 Å². The van der Waals surface area contributed by atoms with E-state index in [9.17, 15) is 9.59 Å². The maximum atomic E-state index is 12.1. The Kier molecular flexibility index (Phi) is 4.35. The molecule has 0 aliphatic heterocycles. The van der Waals surface area contributed by atoms with Gasteiger partial charge in [-0.25, -0.2) is 0 Å². The van der Waals surface area contributed by atoms with Gasteiger partial charge in [-0.15, -0.1) is 0 Å². The molecule has 0 saturated heterocycles. The molecule has 0 spiro atoms. The van der Waals surface area contributed by atoms with E-state index in [4.69, 9.17) is 21.6 Å². The van der Waals surface area contributed by atoms with E-state index < -0.39 is 5.91 Å². The quantitative estimate of drug-likeness (QED) is 0.680. The lowest BCUT2D eigenvalue weighted by atomic mass is 9.94. The Labute approximate surface area is 138 Å². The van der Waals surface area contributed by atoms with Crippen LogP contribution in [0.2, 0.25) is 5.02 Å². The topological polar surface area (TPSA) is 79.2 Å². The number of nitriles is 1. The fourth-order valence-corrected chi connectivity index (χ4v) is 3.37. The number of halogens is 1. The molecule has 118 valence electrons. The van der Waals surface area contributed by atoms with Gasteiger partial charge in [0.25, 0.3) is 5.91 Å². The van der Waals surface area contributed by atoms with Crippen molar-refractivity contribution in [3.8, 4) is 6.07 Å².